The van der Waals surface area contributed by atoms with Crippen molar-refractivity contribution in [1.29, 1.82) is 0 Å². The van der Waals surface area contributed by atoms with Crippen LogP contribution in [0.5, 0.6) is 5.75 Å². The van der Waals surface area contributed by atoms with E-state index in [-0.39, 0.29) is 0 Å². The van der Waals surface area contributed by atoms with Crippen LogP contribution < -0.4 is 9.64 Å². The second-order valence-corrected chi connectivity index (χ2v) is 8.92. The number of aliphatic carboxylic acids is 1. The third-order valence-electron chi connectivity index (χ3n) is 5.57. The largest absolute Gasteiger partial charge is 0.478 e. The van der Waals surface area contributed by atoms with E-state index in [0.29, 0.717) is 5.17 Å². The van der Waals surface area contributed by atoms with E-state index in [1.54, 1.807) is 6.08 Å². The van der Waals surface area contributed by atoms with Crippen molar-refractivity contribution < 1.29 is 14.6 Å². The van der Waals surface area contributed by atoms with E-state index in [4.69, 9.17) is 22.1 Å². The van der Waals surface area contributed by atoms with Crippen molar-refractivity contribution in [2.24, 2.45) is 0 Å². The highest BCUT2D eigenvalue weighted by Crippen LogP contribution is 2.22. The van der Waals surface area contributed by atoms with Crippen LogP contribution in [-0.4, -0.2) is 23.3 Å². The molecule has 0 aliphatic rings. The lowest BCUT2D eigenvalue weighted by molar-refractivity contribution is -0.131. The maximum Gasteiger partial charge on any atom is 0.327 e. The number of anilines is 1. The lowest BCUT2D eigenvalue weighted by Gasteiger charge is -2.20. The predicted molar refractivity (Wildman–Crippen MR) is 152 cm³/mol. The van der Waals surface area contributed by atoms with E-state index in [1.807, 2.05) is 54.4 Å². The van der Waals surface area contributed by atoms with E-state index in [1.165, 1.54) is 49.1 Å². The Morgan fingerprint density at radius 2 is 1.66 bits per heavy atom. The number of thiocarbonyl (C=S) groups is 1. The Balaban J connectivity index is 0.000000287. The van der Waals surface area contributed by atoms with Crippen LogP contribution in [0.2, 0.25) is 0 Å². The fraction of sp³-hybridized carbons (Fsp3) is 0.333. The first-order chi connectivity index (χ1) is 16.9. The zero-order valence-electron chi connectivity index (χ0n) is 21.1. The number of carbonyl (C=O) groups is 1. The van der Waals surface area contributed by atoms with E-state index >= 15 is 0 Å². The number of unbranched alkanes of at least 4 members (excludes halogenated alkanes) is 6. The SMILES string of the molecule is CCCCCCCCC=CC(=O)O.Cc1cccc(N(C)C(=S)Oc2ccc3ccccc3c2)c1. The van der Waals surface area contributed by atoms with Crippen LogP contribution in [-0.2, 0) is 4.79 Å². The molecule has 0 aromatic heterocycles. The van der Waals surface area contributed by atoms with E-state index in [0.717, 1.165) is 29.7 Å². The average Bonchev–Trinajstić information content (AvgIpc) is 2.85. The molecule has 4 nitrogen and oxygen atoms in total. The first-order valence-electron chi connectivity index (χ1n) is 12.3. The molecular weight excluding hydrogens is 454 g/mol. The maximum absolute atomic E-state index is 10.1. The van der Waals surface area contributed by atoms with Crippen molar-refractivity contribution in [2.75, 3.05) is 11.9 Å². The number of ether oxygens (including phenoxy) is 1. The Kier molecular flexibility index (Phi) is 12.6. The molecule has 0 saturated carbocycles. The molecule has 0 aliphatic heterocycles. The van der Waals surface area contributed by atoms with Gasteiger partial charge in [0, 0.05) is 18.8 Å². The monoisotopic (exact) mass is 491 g/mol. The summed E-state index contributed by atoms with van der Waals surface area (Å²) in [6.07, 6.45) is 11.4. The number of rotatable bonds is 10. The molecule has 186 valence electrons. The molecule has 3 aromatic rings. The van der Waals surface area contributed by atoms with Crippen LogP contribution in [0.3, 0.4) is 0 Å². The summed E-state index contributed by atoms with van der Waals surface area (Å²) in [5.41, 5.74) is 2.21. The molecule has 3 aromatic carbocycles. The van der Waals surface area contributed by atoms with Crippen molar-refractivity contribution in [3.63, 3.8) is 0 Å². The minimum absolute atomic E-state index is 0.431. The van der Waals surface area contributed by atoms with Gasteiger partial charge < -0.3 is 14.7 Å². The van der Waals surface area contributed by atoms with E-state index in [2.05, 4.69) is 38.1 Å². The number of carboxylic acid groups (broad SMARTS) is 1. The van der Waals surface area contributed by atoms with Gasteiger partial charge in [-0.25, -0.2) is 4.79 Å². The standard InChI is InChI=1S/C19H17NOS.C11H20O2/c1-14-6-5-9-17(12-14)20(2)19(22)21-18-11-10-15-7-3-4-8-16(15)13-18;1-2-3-4-5-6-7-8-9-10-11(12)13/h3-13H,1-2H3;9-10H,2-8H2,1H3,(H,12,13). The summed E-state index contributed by atoms with van der Waals surface area (Å²) in [7, 11) is 1.91. The van der Waals surface area contributed by atoms with Crippen LogP contribution in [0.15, 0.2) is 78.9 Å². The van der Waals surface area contributed by atoms with Crippen LogP contribution in [0.1, 0.15) is 57.4 Å². The molecule has 5 heteroatoms. The average molecular weight is 492 g/mol. The fourth-order valence-corrected chi connectivity index (χ4v) is 3.77. The van der Waals surface area contributed by atoms with E-state index in [9.17, 15) is 4.79 Å². The summed E-state index contributed by atoms with van der Waals surface area (Å²) >= 11 is 5.41. The van der Waals surface area contributed by atoms with Gasteiger partial charge in [-0.15, -0.1) is 0 Å². The van der Waals surface area contributed by atoms with Gasteiger partial charge in [0.15, 0.2) is 0 Å². The molecule has 0 bridgehead atoms. The summed E-state index contributed by atoms with van der Waals surface area (Å²) < 4.78 is 5.84. The summed E-state index contributed by atoms with van der Waals surface area (Å²) in [5.74, 6) is -0.0887. The van der Waals surface area contributed by atoms with Gasteiger partial charge in [0.2, 0.25) is 0 Å². The highest BCUT2D eigenvalue weighted by molar-refractivity contribution is 7.80. The summed E-state index contributed by atoms with van der Waals surface area (Å²) in [4.78, 5) is 12.0. The van der Waals surface area contributed by atoms with Crippen molar-refractivity contribution in [2.45, 2.75) is 58.8 Å². The van der Waals surface area contributed by atoms with Crippen LogP contribution in [0.4, 0.5) is 5.69 Å². The van der Waals surface area contributed by atoms with Gasteiger partial charge in [0.1, 0.15) is 5.75 Å². The zero-order chi connectivity index (χ0) is 25.5. The Morgan fingerprint density at radius 3 is 2.37 bits per heavy atom. The lowest BCUT2D eigenvalue weighted by atomic mass is 10.1. The topological polar surface area (TPSA) is 49.8 Å². The lowest BCUT2D eigenvalue weighted by Crippen LogP contribution is -2.29. The van der Waals surface area contributed by atoms with Gasteiger partial charge in [-0.3, -0.25) is 0 Å². The zero-order valence-corrected chi connectivity index (χ0v) is 21.9. The molecule has 3 rings (SSSR count). The number of carboxylic acids is 1. The molecule has 1 N–H and O–H groups in total. The van der Waals surface area contributed by atoms with Crippen LogP contribution >= 0.6 is 12.2 Å². The number of allylic oxidation sites excluding steroid dienone is 1. The highest BCUT2D eigenvalue weighted by atomic mass is 32.1. The van der Waals surface area contributed by atoms with Crippen LogP contribution in [0, 0.1) is 6.92 Å². The third kappa shape index (κ3) is 10.7. The number of hydrogen-bond donors (Lipinski definition) is 1. The number of fused-ring (bicyclic) bond motifs is 1. The molecule has 0 spiro atoms. The number of hydrogen-bond acceptors (Lipinski definition) is 3. The molecule has 0 amide bonds. The third-order valence-corrected chi connectivity index (χ3v) is 5.93. The second-order valence-electron chi connectivity index (χ2n) is 8.57. The Morgan fingerprint density at radius 1 is 0.943 bits per heavy atom. The van der Waals surface area contributed by atoms with Crippen molar-refractivity contribution in [3.8, 4) is 5.75 Å². The minimum Gasteiger partial charge on any atom is -0.478 e. The van der Waals surface area contributed by atoms with Crippen LogP contribution in [0.25, 0.3) is 10.8 Å². The Bertz CT molecular complexity index is 1110. The molecule has 0 atom stereocenters. The van der Waals surface area contributed by atoms with Gasteiger partial charge in [-0.1, -0.05) is 87.6 Å². The molecule has 0 aliphatic carbocycles. The number of benzene rings is 3. The van der Waals surface area contributed by atoms with Crippen molar-refractivity contribution >= 4 is 39.8 Å². The van der Waals surface area contributed by atoms with Crippen molar-refractivity contribution in [3.05, 3.63) is 84.4 Å². The molecular formula is C30H37NO3S. The second kappa shape index (κ2) is 15.7. The molecule has 0 unspecified atom stereocenters. The predicted octanol–water partition coefficient (Wildman–Crippen LogP) is 8.33. The molecule has 0 heterocycles. The highest BCUT2D eigenvalue weighted by Gasteiger charge is 2.09. The van der Waals surface area contributed by atoms with Crippen molar-refractivity contribution in [1.82, 2.24) is 0 Å². The summed E-state index contributed by atoms with van der Waals surface area (Å²) in [6.45, 7) is 4.26. The Labute approximate surface area is 215 Å². The van der Waals surface area contributed by atoms with E-state index < -0.39 is 5.97 Å². The quantitative estimate of drug-likeness (QED) is 0.175. The van der Waals surface area contributed by atoms with Gasteiger partial charge in [-0.2, -0.15) is 0 Å². The summed E-state index contributed by atoms with van der Waals surface area (Å²) in [6, 6.07) is 22.3. The van der Waals surface area contributed by atoms with Gasteiger partial charge in [-0.05, 0) is 72.6 Å². The Hall–Kier alpha value is -3.18. The molecule has 0 saturated heterocycles. The summed E-state index contributed by atoms with van der Waals surface area (Å²) in [5, 5.41) is 11.1. The minimum atomic E-state index is -0.842. The number of aryl methyl sites for hydroxylation is 1. The molecule has 35 heavy (non-hydrogen) atoms. The van der Waals surface area contributed by atoms with Gasteiger partial charge in [0.05, 0.1) is 0 Å². The maximum atomic E-state index is 10.1. The number of nitrogens with zero attached hydrogens (tertiary/aromatic N) is 1. The first-order valence-corrected chi connectivity index (χ1v) is 12.7. The fourth-order valence-electron chi connectivity index (χ4n) is 3.57. The molecule has 0 radical (unpaired) electrons. The first kappa shape index (κ1) is 28.1. The smallest absolute Gasteiger partial charge is 0.327 e. The van der Waals surface area contributed by atoms with Gasteiger partial charge in [0.25, 0.3) is 5.17 Å². The van der Waals surface area contributed by atoms with Gasteiger partial charge >= 0.3 is 5.97 Å². The normalized spacial score (nSPS) is 10.6. The molecule has 0 fully saturated rings.